The molecule has 4 rings (SSSR count). The maximum atomic E-state index is 12.8. The van der Waals surface area contributed by atoms with Crippen molar-refractivity contribution in [1.82, 2.24) is 20.6 Å². The predicted molar refractivity (Wildman–Crippen MR) is 92.7 cm³/mol. The lowest BCUT2D eigenvalue weighted by atomic mass is 9.96. The third-order valence-electron chi connectivity index (χ3n) is 5.27. The van der Waals surface area contributed by atoms with E-state index in [4.69, 9.17) is 0 Å². The molecule has 2 aliphatic rings. The van der Waals surface area contributed by atoms with Crippen molar-refractivity contribution < 1.29 is 18.0 Å². The normalized spacial score (nSPS) is 25.2. The zero-order chi connectivity index (χ0) is 19.2. The smallest absolute Gasteiger partial charge is 0.354 e. The van der Waals surface area contributed by atoms with Crippen molar-refractivity contribution >= 4 is 5.91 Å². The third-order valence-corrected chi connectivity index (χ3v) is 5.27. The lowest BCUT2D eigenvalue weighted by molar-refractivity contribution is -0.137. The van der Waals surface area contributed by atoms with Crippen LogP contribution < -0.4 is 10.6 Å². The molecule has 1 aromatic carbocycles. The van der Waals surface area contributed by atoms with Gasteiger partial charge in [0.2, 0.25) is 5.91 Å². The van der Waals surface area contributed by atoms with Crippen LogP contribution in [0.4, 0.5) is 13.2 Å². The molecule has 2 aliphatic heterocycles. The molecule has 2 fully saturated rings. The van der Waals surface area contributed by atoms with Crippen molar-refractivity contribution in [3.05, 3.63) is 47.4 Å². The molecule has 0 radical (unpaired) electrons. The molecule has 8 heteroatoms. The molecular formula is C19H19F3N4O. The number of carbonyl (C=O) groups excluding carboxylic acids is 1. The second-order valence-corrected chi connectivity index (χ2v) is 7.15. The summed E-state index contributed by atoms with van der Waals surface area (Å²) in [4.78, 5) is 21.2. The molecule has 5 nitrogen and oxygen atoms in total. The number of hydrogen-bond acceptors (Lipinski definition) is 4. The van der Waals surface area contributed by atoms with Crippen molar-refractivity contribution in [3.63, 3.8) is 0 Å². The zero-order valence-electron chi connectivity index (χ0n) is 14.7. The van der Waals surface area contributed by atoms with E-state index >= 15 is 0 Å². The van der Waals surface area contributed by atoms with Crippen LogP contribution in [-0.2, 0) is 11.0 Å². The Balaban J connectivity index is 1.62. The van der Waals surface area contributed by atoms with Crippen LogP contribution in [0, 0.1) is 6.92 Å². The highest BCUT2D eigenvalue weighted by Gasteiger charge is 2.48. The first-order chi connectivity index (χ1) is 12.8. The highest BCUT2D eigenvalue weighted by Crippen LogP contribution is 2.36. The fraction of sp³-hybridized carbons (Fsp3) is 0.421. The molecule has 2 atom stereocenters. The van der Waals surface area contributed by atoms with Gasteiger partial charge in [-0.15, -0.1) is 0 Å². The number of nitrogens with one attached hydrogen (secondary N) is 2. The van der Waals surface area contributed by atoms with E-state index in [-0.39, 0.29) is 11.9 Å². The molecule has 2 aromatic rings. The molecule has 0 aliphatic carbocycles. The maximum absolute atomic E-state index is 12.8. The third kappa shape index (κ3) is 3.29. The van der Waals surface area contributed by atoms with Gasteiger partial charge in [-0.3, -0.25) is 10.1 Å². The predicted octanol–water partition coefficient (Wildman–Crippen LogP) is 3.15. The quantitative estimate of drug-likeness (QED) is 0.845. The summed E-state index contributed by atoms with van der Waals surface area (Å²) in [6.07, 6.45) is -2.17. The Hall–Kier alpha value is -2.48. The van der Waals surface area contributed by atoms with Gasteiger partial charge in [0, 0.05) is 17.8 Å². The van der Waals surface area contributed by atoms with Crippen molar-refractivity contribution in [2.45, 2.75) is 43.9 Å². The van der Waals surface area contributed by atoms with Crippen molar-refractivity contribution in [3.8, 4) is 11.3 Å². The minimum Gasteiger partial charge on any atom is -0.354 e. The van der Waals surface area contributed by atoms with E-state index in [2.05, 4.69) is 20.6 Å². The Kier molecular flexibility index (Phi) is 4.18. The molecule has 0 bridgehead atoms. The number of aryl methyl sites for hydroxylation is 1. The van der Waals surface area contributed by atoms with Gasteiger partial charge < -0.3 is 5.32 Å². The number of carbonyl (C=O) groups is 1. The first kappa shape index (κ1) is 17.9. The summed E-state index contributed by atoms with van der Waals surface area (Å²) in [6.45, 7) is 2.48. The highest BCUT2D eigenvalue weighted by atomic mass is 19.4. The largest absolute Gasteiger partial charge is 0.416 e. The molecule has 1 aromatic heterocycles. The van der Waals surface area contributed by atoms with Gasteiger partial charge in [-0.2, -0.15) is 13.2 Å². The molecule has 27 heavy (non-hydrogen) atoms. The summed E-state index contributed by atoms with van der Waals surface area (Å²) < 4.78 is 38.3. The number of amides is 1. The van der Waals surface area contributed by atoms with E-state index in [0.29, 0.717) is 23.6 Å². The van der Waals surface area contributed by atoms with Crippen LogP contribution in [0.25, 0.3) is 11.3 Å². The molecule has 2 N–H and O–H groups in total. The van der Waals surface area contributed by atoms with Gasteiger partial charge in [-0.1, -0.05) is 12.1 Å². The second-order valence-electron chi connectivity index (χ2n) is 7.15. The van der Waals surface area contributed by atoms with Gasteiger partial charge in [-0.25, -0.2) is 9.97 Å². The molecule has 0 saturated carbocycles. The summed E-state index contributed by atoms with van der Waals surface area (Å²) in [7, 11) is 0. The average Bonchev–Trinajstić information content (AvgIpc) is 3.21. The van der Waals surface area contributed by atoms with E-state index in [0.717, 1.165) is 37.1 Å². The average molecular weight is 376 g/mol. The van der Waals surface area contributed by atoms with Crippen LogP contribution in [0.1, 0.15) is 42.4 Å². The number of benzene rings is 1. The van der Waals surface area contributed by atoms with Crippen molar-refractivity contribution in [2.75, 3.05) is 6.54 Å². The number of rotatable bonds is 2. The summed E-state index contributed by atoms with van der Waals surface area (Å²) in [6, 6.07) is 6.54. The molecule has 2 saturated heterocycles. The standard InChI is InChI=1S/C19H19F3N4O/c1-11-10-15(12-2-4-13(5-3-12)19(20,21)22)25-16(24-11)14-6-7-18(26-14)8-9-23-17(18)27/h2-5,10,14,26H,6-9H2,1H3,(H,23,27)/t14-,18-/m1/s1. The number of halogens is 3. The number of aromatic nitrogens is 2. The number of nitrogens with zero attached hydrogens (tertiary/aromatic N) is 2. The van der Waals surface area contributed by atoms with Crippen LogP contribution in [0.3, 0.4) is 0 Å². The maximum Gasteiger partial charge on any atom is 0.416 e. The molecule has 1 amide bonds. The Labute approximate surface area is 154 Å². The number of alkyl halides is 3. The van der Waals surface area contributed by atoms with Crippen LogP contribution >= 0.6 is 0 Å². The summed E-state index contributed by atoms with van der Waals surface area (Å²) in [5.41, 5.74) is 0.662. The monoisotopic (exact) mass is 376 g/mol. The van der Waals surface area contributed by atoms with Gasteiger partial charge in [0.15, 0.2) is 0 Å². The van der Waals surface area contributed by atoms with Gasteiger partial charge in [-0.05, 0) is 44.4 Å². The van der Waals surface area contributed by atoms with Crippen LogP contribution in [0.2, 0.25) is 0 Å². The Bertz CT molecular complexity index is 882. The van der Waals surface area contributed by atoms with E-state index < -0.39 is 17.3 Å². The SMILES string of the molecule is Cc1cc(-c2ccc(C(F)(F)F)cc2)nc([C@H]2CC[C@]3(CCNC3=O)N2)n1. The van der Waals surface area contributed by atoms with Crippen LogP contribution in [-0.4, -0.2) is 28.0 Å². The first-order valence-electron chi connectivity index (χ1n) is 8.86. The van der Waals surface area contributed by atoms with E-state index in [9.17, 15) is 18.0 Å². The fourth-order valence-corrected chi connectivity index (χ4v) is 3.84. The molecule has 0 unspecified atom stereocenters. The Morgan fingerprint density at radius 3 is 2.52 bits per heavy atom. The fourth-order valence-electron chi connectivity index (χ4n) is 3.84. The van der Waals surface area contributed by atoms with Gasteiger partial charge in [0.05, 0.1) is 17.3 Å². The van der Waals surface area contributed by atoms with Crippen LogP contribution in [0.15, 0.2) is 30.3 Å². The van der Waals surface area contributed by atoms with E-state index in [1.807, 2.05) is 6.92 Å². The molecule has 1 spiro atoms. The molecule has 142 valence electrons. The first-order valence-corrected chi connectivity index (χ1v) is 8.86. The molecule has 3 heterocycles. The van der Waals surface area contributed by atoms with E-state index in [1.165, 1.54) is 12.1 Å². The van der Waals surface area contributed by atoms with E-state index in [1.54, 1.807) is 6.07 Å². The van der Waals surface area contributed by atoms with Gasteiger partial charge in [0.25, 0.3) is 0 Å². The van der Waals surface area contributed by atoms with Gasteiger partial charge in [0.1, 0.15) is 11.4 Å². The molecular weight excluding hydrogens is 357 g/mol. The minimum absolute atomic E-state index is 0.0145. The summed E-state index contributed by atoms with van der Waals surface area (Å²) in [5.74, 6) is 0.585. The lowest BCUT2D eigenvalue weighted by Crippen LogP contribution is -2.47. The summed E-state index contributed by atoms with van der Waals surface area (Å²) >= 11 is 0. The lowest BCUT2D eigenvalue weighted by Gasteiger charge is -2.21. The second kappa shape index (κ2) is 6.30. The van der Waals surface area contributed by atoms with Gasteiger partial charge >= 0.3 is 6.18 Å². The Morgan fingerprint density at radius 2 is 1.89 bits per heavy atom. The Morgan fingerprint density at radius 1 is 1.15 bits per heavy atom. The zero-order valence-corrected chi connectivity index (χ0v) is 14.7. The van der Waals surface area contributed by atoms with Crippen molar-refractivity contribution in [1.29, 1.82) is 0 Å². The number of hydrogen-bond donors (Lipinski definition) is 2. The topological polar surface area (TPSA) is 66.9 Å². The van der Waals surface area contributed by atoms with Crippen molar-refractivity contribution in [2.24, 2.45) is 0 Å². The summed E-state index contributed by atoms with van der Waals surface area (Å²) in [5, 5.41) is 6.24. The van der Waals surface area contributed by atoms with Crippen LogP contribution in [0.5, 0.6) is 0 Å². The highest BCUT2D eigenvalue weighted by molar-refractivity contribution is 5.88. The minimum atomic E-state index is -4.37.